The summed E-state index contributed by atoms with van der Waals surface area (Å²) in [7, 11) is 1.42. The number of thioether (sulfide) groups is 1. The first kappa shape index (κ1) is 13.4. The number of hydrogen-bond acceptors (Lipinski definition) is 4. The molecule has 4 nitrogen and oxygen atoms in total. The lowest BCUT2D eigenvalue weighted by atomic mass is 10.1. The summed E-state index contributed by atoms with van der Waals surface area (Å²) in [5.41, 5.74) is 0.115. The fraction of sp³-hybridized carbons (Fsp3) is 0.818. The topological polar surface area (TPSA) is 55.4 Å². The van der Waals surface area contributed by atoms with Gasteiger partial charge in [-0.05, 0) is 30.9 Å². The molecule has 0 aromatic rings. The van der Waals surface area contributed by atoms with Crippen molar-refractivity contribution in [3.05, 3.63) is 0 Å². The van der Waals surface area contributed by atoms with Gasteiger partial charge in [-0.2, -0.15) is 11.8 Å². The Kier molecular flexibility index (Phi) is 5.12. The van der Waals surface area contributed by atoms with Crippen molar-refractivity contribution in [3.8, 4) is 0 Å². The highest BCUT2D eigenvalue weighted by Crippen LogP contribution is 2.51. The van der Waals surface area contributed by atoms with Gasteiger partial charge in [0, 0.05) is 6.54 Å². The van der Waals surface area contributed by atoms with Gasteiger partial charge in [-0.1, -0.05) is 0 Å². The van der Waals surface area contributed by atoms with Crippen LogP contribution in [0.4, 0.5) is 0 Å². The molecule has 0 saturated heterocycles. The summed E-state index contributed by atoms with van der Waals surface area (Å²) < 4.78 is 4.66. The zero-order chi connectivity index (χ0) is 12.0. The van der Waals surface area contributed by atoms with E-state index in [-0.39, 0.29) is 17.3 Å². The molecule has 0 spiro atoms. The molecule has 0 bridgehead atoms. The Morgan fingerprint density at radius 2 is 2.12 bits per heavy atom. The maximum absolute atomic E-state index is 11.2. The van der Waals surface area contributed by atoms with Crippen molar-refractivity contribution >= 4 is 23.6 Å². The van der Waals surface area contributed by atoms with E-state index in [9.17, 15) is 9.59 Å². The summed E-state index contributed by atoms with van der Waals surface area (Å²) in [6, 6.07) is 0. The summed E-state index contributed by atoms with van der Waals surface area (Å²) in [5.74, 6) is 1.29. The van der Waals surface area contributed by atoms with E-state index >= 15 is 0 Å². The number of carbonyl (C=O) groups excluding carboxylic acids is 2. The molecule has 0 radical (unpaired) electrons. The minimum absolute atomic E-state index is 0.0707. The van der Waals surface area contributed by atoms with Crippen LogP contribution in [0.25, 0.3) is 0 Å². The van der Waals surface area contributed by atoms with E-state index in [0.717, 1.165) is 18.6 Å². The maximum atomic E-state index is 11.2. The van der Waals surface area contributed by atoms with Crippen LogP contribution in [0, 0.1) is 5.41 Å². The zero-order valence-corrected chi connectivity index (χ0v) is 10.7. The van der Waals surface area contributed by atoms with E-state index in [1.54, 1.807) is 11.8 Å². The third kappa shape index (κ3) is 4.43. The second kappa shape index (κ2) is 6.13. The highest BCUT2D eigenvalue weighted by atomic mass is 32.2. The van der Waals surface area contributed by atoms with Crippen LogP contribution in [0.3, 0.4) is 0 Å². The Bertz CT molecular complexity index is 264. The summed E-state index contributed by atoms with van der Waals surface area (Å²) in [6.07, 6.45) is 2.64. The molecule has 1 N–H and O–H groups in total. The number of carbonyl (C=O) groups is 2. The van der Waals surface area contributed by atoms with Crippen molar-refractivity contribution in [2.45, 2.75) is 26.2 Å². The molecule has 5 heteroatoms. The van der Waals surface area contributed by atoms with Crippen LogP contribution < -0.4 is 5.32 Å². The maximum Gasteiger partial charge on any atom is 0.306 e. The van der Waals surface area contributed by atoms with Crippen molar-refractivity contribution in [3.63, 3.8) is 0 Å². The van der Waals surface area contributed by atoms with Crippen molar-refractivity contribution in [1.29, 1.82) is 0 Å². The van der Waals surface area contributed by atoms with Gasteiger partial charge in [0.1, 0.15) is 0 Å². The number of rotatable bonds is 7. The molecule has 1 rings (SSSR count). The Balaban J connectivity index is 2.17. The molecule has 0 aromatic heterocycles. The Labute approximate surface area is 100 Å². The van der Waals surface area contributed by atoms with Crippen molar-refractivity contribution in [2.24, 2.45) is 5.41 Å². The lowest BCUT2D eigenvalue weighted by molar-refractivity contribution is -0.141. The molecule has 16 heavy (non-hydrogen) atoms. The van der Waals surface area contributed by atoms with Crippen LogP contribution in [0.15, 0.2) is 0 Å². The van der Waals surface area contributed by atoms with Gasteiger partial charge in [-0.25, -0.2) is 0 Å². The first-order chi connectivity index (χ1) is 7.62. The molecule has 0 aliphatic heterocycles. The van der Waals surface area contributed by atoms with Crippen LogP contribution in [0.5, 0.6) is 0 Å². The second-order valence-corrected chi connectivity index (χ2v) is 5.18. The molecule has 0 unspecified atom stereocenters. The Morgan fingerprint density at radius 1 is 1.44 bits per heavy atom. The number of nitrogens with one attached hydrogen (secondary N) is 1. The van der Waals surface area contributed by atoms with Crippen LogP contribution in [-0.2, 0) is 14.3 Å². The van der Waals surface area contributed by atoms with Gasteiger partial charge < -0.3 is 10.1 Å². The fourth-order valence-corrected chi connectivity index (χ4v) is 2.75. The lowest BCUT2D eigenvalue weighted by Gasteiger charge is -2.12. The summed E-state index contributed by atoms with van der Waals surface area (Å²) in [6.45, 7) is 2.58. The van der Waals surface area contributed by atoms with E-state index < -0.39 is 0 Å². The quantitative estimate of drug-likeness (QED) is 0.685. The van der Waals surface area contributed by atoms with Crippen LogP contribution in [0.2, 0.25) is 0 Å². The third-order valence-electron chi connectivity index (χ3n) is 2.72. The van der Waals surface area contributed by atoms with Crippen LogP contribution in [0.1, 0.15) is 26.2 Å². The van der Waals surface area contributed by atoms with Gasteiger partial charge in [-0.3, -0.25) is 9.59 Å². The molecule has 0 heterocycles. The lowest BCUT2D eigenvalue weighted by Crippen LogP contribution is -2.25. The number of esters is 1. The minimum Gasteiger partial charge on any atom is -0.469 e. The average molecular weight is 245 g/mol. The molecule has 92 valence electrons. The molecule has 1 amide bonds. The Hall–Kier alpha value is -0.710. The molecular weight excluding hydrogens is 226 g/mol. The first-order valence-corrected chi connectivity index (χ1v) is 6.68. The van der Waals surface area contributed by atoms with E-state index in [2.05, 4.69) is 10.1 Å². The number of hydrogen-bond donors (Lipinski definition) is 1. The van der Waals surface area contributed by atoms with Gasteiger partial charge in [0.25, 0.3) is 0 Å². The molecular formula is C11H19NO3S. The molecule has 1 fully saturated rings. The fourth-order valence-electron chi connectivity index (χ4n) is 1.54. The van der Waals surface area contributed by atoms with Gasteiger partial charge in [-0.15, -0.1) is 0 Å². The summed E-state index contributed by atoms with van der Waals surface area (Å²) in [5, 5.41) is 2.75. The molecule has 1 saturated carbocycles. The van der Waals surface area contributed by atoms with E-state index in [4.69, 9.17) is 0 Å². The van der Waals surface area contributed by atoms with E-state index in [1.165, 1.54) is 7.11 Å². The number of ether oxygens (including phenoxy) is 1. The number of amides is 1. The molecule has 1 aliphatic carbocycles. The van der Waals surface area contributed by atoms with Gasteiger partial charge in [0.15, 0.2) is 0 Å². The second-order valence-electron chi connectivity index (χ2n) is 4.20. The molecule has 1 aliphatic rings. The summed E-state index contributed by atoms with van der Waals surface area (Å²) >= 11 is 1.60. The van der Waals surface area contributed by atoms with Crippen molar-refractivity contribution in [1.82, 2.24) is 5.32 Å². The standard InChI is InChI=1S/C11H19NO3S/c1-3-12-9(13)7-16-8-11(4-5-11)6-10(14)15-2/h3-8H2,1-2H3,(H,12,13). The predicted molar refractivity (Wildman–Crippen MR) is 64.3 cm³/mol. The van der Waals surface area contributed by atoms with Crippen LogP contribution in [-0.4, -0.2) is 37.0 Å². The average Bonchev–Trinajstić information content (AvgIpc) is 2.98. The van der Waals surface area contributed by atoms with Crippen molar-refractivity contribution < 1.29 is 14.3 Å². The SMILES string of the molecule is CCNC(=O)CSCC1(CC(=O)OC)CC1. The third-order valence-corrected chi connectivity index (χ3v) is 4.00. The number of methoxy groups -OCH3 is 1. The van der Waals surface area contributed by atoms with E-state index in [0.29, 0.717) is 18.7 Å². The monoisotopic (exact) mass is 245 g/mol. The Morgan fingerprint density at radius 3 is 2.62 bits per heavy atom. The predicted octanol–water partition coefficient (Wildman–Crippen LogP) is 1.20. The highest BCUT2D eigenvalue weighted by molar-refractivity contribution is 7.99. The highest BCUT2D eigenvalue weighted by Gasteiger charge is 2.44. The smallest absolute Gasteiger partial charge is 0.306 e. The van der Waals surface area contributed by atoms with Crippen molar-refractivity contribution in [2.75, 3.05) is 25.2 Å². The van der Waals surface area contributed by atoms with E-state index in [1.807, 2.05) is 6.92 Å². The van der Waals surface area contributed by atoms with Gasteiger partial charge >= 0.3 is 5.97 Å². The van der Waals surface area contributed by atoms with Gasteiger partial charge in [0.2, 0.25) is 5.91 Å². The molecule has 0 atom stereocenters. The van der Waals surface area contributed by atoms with Gasteiger partial charge in [0.05, 0.1) is 19.3 Å². The largest absolute Gasteiger partial charge is 0.469 e. The zero-order valence-electron chi connectivity index (χ0n) is 9.88. The first-order valence-electron chi connectivity index (χ1n) is 5.53. The normalized spacial score (nSPS) is 16.6. The van der Waals surface area contributed by atoms with Crippen LogP contribution >= 0.6 is 11.8 Å². The minimum atomic E-state index is -0.142. The molecule has 0 aromatic carbocycles. The summed E-state index contributed by atoms with van der Waals surface area (Å²) in [4.78, 5) is 22.4.